The maximum absolute atomic E-state index is 11.0. The number of aryl methyl sites for hydroxylation is 1. The number of nitrogens with zero attached hydrogens (tertiary/aromatic N) is 2. The van der Waals surface area contributed by atoms with Gasteiger partial charge in [-0.1, -0.05) is 11.3 Å². The highest BCUT2D eigenvalue weighted by molar-refractivity contribution is 7.16. The van der Waals surface area contributed by atoms with Crippen LogP contribution in [0.25, 0.3) is 10.2 Å². The largest absolute Gasteiger partial charge is 0.454 e. The van der Waals surface area contributed by atoms with E-state index in [1.165, 1.54) is 18.3 Å². The average Bonchev–Trinajstić information content (AvgIpc) is 2.82. The molecule has 6 heteroatoms. The number of carbonyl (C=O) groups is 1. The molecular weight excluding hydrogens is 240 g/mol. The second kappa shape index (κ2) is 3.59. The van der Waals surface area contributed by atoms with E-state index in [2.05, 4.69) is 4.99 Å². The Morgan fingerprint density at radius 3 is 2.82 bits per heavy atom. The van der Waals surface area contributed by atoms with Crippen LogP contribution in [0.5, 0.6) is 11.5 Å². The number of hydrogen-bond acceptors (Lipinski definition) is 4. The Hall–Kier alpha value is -1.82. The first-order valence-corrected chi connectivity index (χ1v) is 5.91. The summed E-state index contributed by atoms with van der Waals surface area (Å²) in [5, 5.41) is 0. The van der Waals surface area contributed by atoms with Gasteiger partial charge in [0.1, 0.15) is 0 Å². The molecule has 1 aliphatic heterocycles. The van der Waals surface area contributed by atoms with Gasteiger partial charge in [-0.15, -0.1) is 0 Å². The van der Waals surface area contributed by atoms with Crippen molar-refractivity contribution < 1.29 is 14.3 Å². The van der Waals surface area contributed by atoms with Crippen LogP contribution in [-0.2, 0) is 11.8 Å². The van der Waals surface area contributed by atoms with Gasteiger partial charge in [-0.25, -0.2) is 0 Å². The Morgan fingerprint density at radius 2 is 2.12 bits per heavy atom. The van der Waals surface area contributed by atoms with Crippen LogP contribution in [-0.4, -0.2) is 17.3 Å². The summed E-state index contributed by atoms with van der Waals surface area (Å²) in [6.45, 7) is 1.71. The zero-order valence-corrected chi connectivity index (χ0v) is 10.2. The second-order valence-corrected chi connectivity index (χ2v) is 4.76. The van der Waals surface area contributed by atoms with E-state index in [1.807, 2.05) is 23.7 Å². The molecule has 0 aliphatic carbocycles. The lowest BCUT2D eigenvalue weighted by Gasteiger charge is -1.97. The van der Waals surface area contributed by atoms with Gasteiger partial charge in [-0.3, -0.25) is 4.79 Å². The molecule has 0 N–H and O–H groups in total. The first kappa shape index (κ1) is 10.3. The van der Waals surface area contributed by atoms with Gasteiger partial charge in [-0.05, 0) is 0 Å². The summed E-state index contributed by atoms with van der Waals surface area (Å²) in [5.74, 6) is 1.28. The molecule has 1 aliphatic rings. The number of amides is 1. The maximum atomic E-state index is 11.0. The Kier molecular flexibility index (Phi) is 2.19. The van der Waals surface area contributed by atoms with E-state index in [9.17, 15) is 4.79 Å². The van der Waals surface area contributed by atoms with Crippen molar-refractivity contribution in [2.75, 3.05) is 6.79 Å². The van der Waals surface area contributed by atoms with Crippen LogP contribution in [0.3, 0.4) is 0 Å². The van der Waals surface area contributed by atoms with Crippen molar-refractivity contribution >= 4 is 27.5 Å². The van der Waals surface area contributed by atoms with Crippen LogP contribution < -0.4 is 14.3 Å². The molecule has 5 nitrogen and oxygen atoms in total. The normalized spacial score (nSPS) is 14.6. The standard InChI is InChI=1S/C11H10N2O3S/c1-6(14)12-11-13(2)7-3-8-9(16-5-15-8)4-10(7)17-11/h3-4H,5H2,1-2H3. The fourth-order valence-electron chi connectivity index (χ4n) is 1.76. The Balaban J connectivity index is 2.31. The summed E-state index contributed by atoms with van der Waals surface area (Å²) < 4.78 is 13.5. The quantitative estimate of drug-likeness (QED) is 0.710. The van der Waals surface area contributed by atoms with Gasteiger partial charge in [0.05, 0.1) is 10.2 Å². The van der Waals surface area contributed by atoms with Gasteiger partial charge in [0, 0.05) is 26.1 Å². The molecule has 2 aromatic rings. The van der Waals surface area contributed by atoms with E-state index in [0.717, 1.165) is 21.7 Å². The van der Waals surface area contributed by atoms with E-state index in [4.69, 9.17) is 9.47 Å². The molecule has 0 fully saturated rings. The third kappa shape index (κ3) is 1.61. The molecule has 0 saturated heterocycles. The highest BCUT2D eigenvalue weighted by atomic mass is 32.1. The Labute approximate surface area is 101 Å². The summed E-state index contributed by atoms with van der Waals surface area (Å²) in [6.07, 6.45) is 0. The SMILES string of the molecule is CC(=O)N=c1sc2cc3c(cc2n1C)OCO3. The van der Waals surface area contributed by atoms with Crippen LogP contribution in [0.1, 0.15) is 6.92 Å². The molecular formula is C11H10N2O3S. The smallest absolute Gasteiger partial charge is 0.245 e. The van der Waals surface area contributed by atoms with Gasteiger partial charge < -0.3 is 14.0 Å². The lowest BCUT2D eigenvalue weighted by Crippen LogP contribution is -2.11. The predicted octanol–water partition coefficient (Wildman–Crippen LogP) is 1.42. The zero-order chi connectivity index (χ0) is 12.0. The molecule has 1 amide bonds. The van der Waals surface area contributed by atoms with Crippen molar-refractivity contribution in [3.8, 4) is 11.5 Å². The molecule has 2 heterocycles. The predicted molar refractivity (Wildman–Crippen MR) is 63.2 cm³/mol. The van der Waals surface area contributed by atoms with Crippen molar-refractivity contribution in [2.24, 2.45) is 12.0 Å². The number of rotatable bonds is 0. The molecule has 0 atom stereocenters. The van der Waals surface area contributed by atoms with Crippen LogP contribution in [0.4, 0.5) is 0 Å². The highest BCUT2D eigenvalue weighted by Gasteiger charge is 2.16. The number of fused-ring (bicyclic) bond motifs is 2. The number of carbonyl (C=O) groups excluding carboxylic acids is 1. The molecule has 0 bridgehead atoms. The van der Waals surface area contributed by atoms with Crippen LogP contribution in [0, 0.1) is 0 Å². The fourth-order valence-corrected chi connectivity index (χ4v) is 2.83. The van der Waals surface area contributed by atoms with E-state index >= 15 is 0 Å². The monoisotopic (exact) mass is 250 g/mol. The molecule has 0 unspecified atom stereocenters. The van der Waals surface area contributed by atoms with E-state index in [-0.39, 0.29) is 12.7 Å². The minimum Gasteiger partial charge on any atom is -0.454 e. The van der Waals surface area contributed by atoms with Crippen molar-refractivity contribution in [1.29, 1.82) is 0 Å². The van der Waals surface area contributed by atoms with Gasteiger partial charge >= 0.3 is 0 Å². The first-order chi connectivity index (χ1) is 8.15. The van der Waals surface area contributed by atoms with E-state index in [1.54, 1.807) is 0 Å². The minimum absolute atomic E-state index is 0.202. The highest BCUT2D eigenvalue weighted by Crippen LogP contribution is 2.36. The number of aromatic nitrogens is 1. The second-order valence-electron chi connectivity index (χ2n) is 3.75. The lowest BCUT2D eigenvalue weighted by molar-refractivity contribution is -0.116. The minimum atomic E-state index is -0.202. The summed E-state index contributed by atoms with van der Waals surface area (Å²) in [6, 6.07) is 3.83. The van der Waals surface area contributed by atoms with Gasteiger partial charge in [0.15, 0.2) is 16.3 Å². The first-order valence-electron chi connectivity index (χ1n) is 5.09. The molecule has 3 rings (SSSR count). The lowest BCUT2D eigenvalue weighted by atomic mass is 10.3. The molecule has 17 heavy (non-hydrogen) atoms. The average molecular weight is 250 g/mol. The van der Waals surface area contributed by atoms with Crippen molar-refractivity contribution in [2.45, 2.75) is 6.92 Å². The van der Waals surface area contributed by atoms with Crippen LogP contribution >= 0.6 is 11.3 Å². The van der Waals surface area contributed by atoms with Gasteiger partial charge in [0.2, 0.25) is 12.7 Å². The molecule has 0 saturated carbocycles. The Morgan fingerprint density at radius 1 is 1.41 bits per heavy atom. The van der Waals surface area contributed by atoms with Crippen LogP contribution in [0.2, 0.25) is 0 Å². The maximum Gasteiger partial charge on any atom is 0.245 e. The summed E-state index contributed by atoms with van der Waals surface area (Å²) in [4.78, 5) is 15.7. The number of thiazole rings is 1. The molecule has 0 radical (unpaired) electrons. The fraction of sp³-hybridized carbons (Fsp3) is 0.273. The number of hydrogen-bond donors (Lipinski definition) is 0. The van der Waals surface area contributed by atoms with Gasteiger partial charge in [-0.2, -0.15) is 4.99 Å². The molecule has 0 spiro atoms. The number of ether oxygens (including phenoxy) is 2. The third-order valence-electron chi connectivity index (χ3n) is 2.56. The van der Waals surface area contributed by atoms with Gasteiger partial charge in [0.25, 0.3) is 0 Å². The molecule has 1 aromatic heterocycles. The third-order valence-corrected chi connectivity index (χ3v) is 3.65. The van der Waals surface area contributed by atoms with E-state index < -0.39 is 0 Å². The van der Waals surface area contributed by atoms with Crippen LogP contribution in [0.15, 0.2) is 17.1 Å². The van der Waals surface area contributed by atoms with Crippen molar-refractivity contribution in [1.82, 2.24) is 4.57 Å². The zero-order valence-electron chi connectivity index (χ0n) is 9.39. The summed E-state index contributed by atoms with van der Waals surface area (Å²) in [5.41, 5.74) is 0.985. The van der Waals surface area contributed by atoms with E-state index in [0.29, 0.717) is 4.80 Å². The Bertz CT molecular complexity index is 684. The topological polar surface area (TPSA) is 52.8 Å². The summed E-state index contributed by atoms with van der Waals surface area (Å²) in [7, 11) is 1.88. The molecule has 88 valence electrons. The van der Waals surface area contributed by atoms with Crippen molar-refractivity contribution in [3.63, 3.8) is 0 Å². The summed E-state index contributed by atoms with van der Waals surface area (Å²) >= 11 is 1.46. The number of benzene rings is 1. The molecule has 1 aromatic carbocycles. The van der Waals surface area contributed by atoms with Crippen molar-refractivity contribution in [3.05, 3.63) is 16.9 Å².